The number of rotatable bonds is 4. The van der Waals surface area contributed by atoms with Crippen molar-refractivity contribution in [2.24, 2.45) is 0 Å². The molecule has 7 heteroatoms. The molecule has 2 saturated heterocycles. The summed E-state index contributed by atoms with van der Waals surface area (Å²) >= 11 is 0. The summed E-state index contributed by atoms with van der Waals surface area (Å²) in [5.74, 6) is 0. The Morgan fingerprint density at radius 2 is 1.54 bits per heavy atom. The van der Waals surface area contributed by atoms with E-state index in [0.717, 1.165) is 19.6 Å². The van der Waals surface area contributed by atoms with Gasteiger partial charge < -0.3 is 4.74 Å². The van der Waals surface area contributed by atoms with Gasteiger partial charge in [-0.05, 0) is 19.4 Å². The van der Waals surface area contributed by atoms with Crippen LogP contribution in [0.3, 0.4) is 0 Å². The minimum atomic E-state index is -3.39. The smallest absolute Gasteiger partial charge is 0.282 e. The van der Waals surface area contributed by atoms with Crippen molar-refractivity contribution in [3.8, 4) is 0 Å². The molecule has 0 aliphatic carbocycles. The molecule has 0 bridgehead atoms. The molecule has 2 fully saturated rings. The van der Waals surface area contributed by atoms with Crippen molar-refractivity contribution in [3.63, 3.8) is 0 Å². The Bertz CT molecular complexity index is 620. The molecule has 134 valence electrons. The summed E-state index contributed by atoms with van der Waals surface area (Å²) in [5, 5.41) is 0. The van der Waals surface area contributed by atoms with Crippen molar-refractivity contribution >= 4 is 10.2 Å². The topological polar surface area (TPSA) is 53.1 Å². The molecule has 0 aromatic heterocycles. The minimum absolute atomic E-state index is 0.0529. The van der Waals surface area contributed by atoms with Crippen molar-refractivity contribution in [2.45, 2.75) is 32.6 Å². The molecule has 2 aliphatic heterocycles. The van der Waals surface area contributed by atoms with E-state index in [1.807, 2.05) is 32.0 Å². The quantitative estimate of drug-likeness (QED) is 0.815. The second-order valence-corrected chi connectivity index (χ2v) is 8.67. The van der Waals surface area contributed by atoms with Gasteiger partial charge in [-0.1, -0.05) is 30.3 Å². The molecule has 6 nitrogen and oxygen atoms in total. The van der Waals surface area contributed by atoms with E-state index in [1.165, 1.54) is 5.56 Å². The van der Waals surface area contributed by atoms with E-state index >= 15 is 0 Å². The average Bonchev–Trinajstić information content (AvgIpc) is 2.55. The zero-order chi connectivity index (χ0) is 17.2. The van der Waals surface area contributed by atoms with Crippen LogP contribution in [0.2, 0.25) is 0 Å². The summed E-state index contributed by atoms with van der Waals surface area (Å²) in [4.78, 5) is 2.31. The maximum atomic E-state index is 12.9. The zero-order valence-corrected chi connectivity index (χ0v) is 15.3. The molecule has 3 rings (SSSR count). The lowest BCUT2D eigenvalue weighted by atomic mass is 10.2. The van der Waals surface area contributed by atoms with Crippen LogP contribution >= 0.6 is 0 Å². The van der Waals surface area contributed by atoms with Crippen molar-refractivity contribution in [3.05, 3.63) is 35.9 Å². The Hall–Kier alpha value is -0.990. The van der Waals surface area contributed by atoms with Gasteiger partial charge in [0.15, 0.2) is 0 Å². The van der Waals surface area contributed by atoms with E-state index < -0.39 is 10.2 Å². The molecular formula is C17H27N3O3S. The number of benzene rings is 1. The minimum Gasteiger partial charge on any atom is -0.373 e. The SMILES string of the molecule is CC1CN(S(=O)(=O)N2CCN(Cc3ccccc3)CC2)CC(C)O1. The fourth-order valence-corrected chi connectivity index (χ4v) is 5.19. The highest BCUT2D eigenvalue weighted by atomic mass is 32.2. The third kappa shape index (κ3) is 4.15. The number of nitrogens with zero attached hydrogens (tertiary/aromatic N) is 3. The molecule has 2 aliphatic rings. The summed E-state index contributed by atoms with van der Waals surface area (Å²) in [5.41, 5.74) is 1.27. The lowest BCUT2D eigenvalue weighted by molar-refractivity contribution is -0.0457. The van der Waals surface area contributed by atoms with Crippen LogP contribution in [0.15, 0.2) is 30.3 Å². The first-order valence-electron chi connectivity index (χ1n) is 8.62. The summed E-state index contributed by atoms with van der Waals surface area (Å²) in [7, 11) is -3.39. The van der Waals surface area contributed by atoms with Gasteiger partial charge in [-0.25, -0.2) is 0 Å². The van der Waals surface area contributed by atoms with Crippen LogP contribution in [0.1, 0.15) is 19.4 Å². The zero-order valence-electron chi connectivity index (χ0n) is 14.5. The van der Waals surface area contributed by atoms with Gasteiger partial charge in [-0.2, -0.15) is 17.0 Å². The van der Waals surface area contributed by atoms with Gasteiger partial charge in [0.25, 0.3) is 10.2 Å². The van der Waals surface area contributed by atoms with Crippen LogP contribution in [-0.2, 0) is 21.5 Å². The molecule has 0 saturated carbocycles. The van der Waals surface area contributed by atoms with E-state index in [9.17, 15) is 8.42 Å². The fraction of sp³-hybridized carbons (Fsp3) is 0.647. The van der Waals surface area contributed by atoms with Gasteiger partial charge >= 0.3 is 0 Å². The third-order valence-corrected chi connectivity index (χ3v) is 6.59. The van der Waals surface area contributed by atoms with E-state index in [4.69, 9.17) is 4.74 Å². The van der Waals surface area contributed by atoms with Gasteiger partial charge in [0.1, 0.15) is 0 Å². The highest BCUT2D eigenvalue weighted by Crippen LogP contribution is 2.19. The number of morpholine rings is 1. The van der Waals surface area contributed by atoms with Crippen LogP contribution in [-0.4, -0.2) is 73.4 Å². The molecule has 0 N–H and O–H groups in total. The maximum absolute atomic E-state index is 12.9. The van der Waals surface area contributed by atoms with Crippen molar-refractivity contribution in [2.75, 3.05) is 39.3 Å². The predicted molar refractivity (Wildman–Crippen MR) is 93.8 cm³/mol. The predicted octanol–water partition coefficient (Wildman–Crippen LogP) is 1.16. The van der Waals surface area contributed by atoms with Crippen LogP contribution in [0, 0.1) is 0 Å². The molecule has 24 heavy (non-hydrogen) atoms. The largest absolute Gasteiger partial charge is 0.373 e. The van der Waals surface area contributed by atoms with E-state index in [0.29, 0.717) is 26.2 Å². The summed E-state index contributed by atoms with van der Waals surface area (Å²) in [6.07, 6.45) is -0.106. The normalized spacial score (nSPS) is 28.1. The third-order valence-electron chi connectivity index (χ3n) is 4.62. The summed E-state index contributed by atoms with van der Waals surface area (Å²) in [6.45, 7) is 8.25. The van der Waals surface area contributed by atoms with E-state index in [1.54, 1.807) is 8.61 Å². The Labute approximate surface area is 145 Å². The van der Waals surface area contributed by atoms with Crippen molar-refractivity contribution < 1.29 is 13.2 Å². The Kier molecular flexibility index (Phi) is 5.56. The van der Waals surface area contributed by atoms with Crippen LogP contribution in [0.5, 0.6) is 0 Å². The first kappa shape index (κ1) is 17.8. The monoisotopic (exact) mass is 353 g/mol. The van der Waals surface area contributed by atoms with E-state index in [-0.39, 0.29) is 12.2 Å². The first-order chi connectivity index (χ1) is 11.4. The number of hydrogen-bond acceptors (Lipinski definition) is 4. The van der Waals surface area contributed by atoms with Gasteiger partial charge in [0.2, 0.25) is 0 Å². The molecule has 1 aromatic rings. The van der Waals surface area contributed by atoms with Gasteiger partial charge in [-0.3, -0.25) is 4.90 Å². The molecule has 2 atom stereocenters. The standard InChI is InChI=1S/C17H27N3O3S/c1-15-12-20(13-16(2)23-15)24(21,22)19-10-8-18(9-11-19)14-17-6-4-3-5-7-17/h3-7,15-16H,8-14H2,1-2H3. The van der Waals surface area contributed by atoms with Crippen molar-refractivity contribution in [1.29, 1.82) is 0 Å². The molecule has 2 heterocycles. The first-order valence-corrected chi connectivity index (χ1v) is 10.0. The maximum Gasteiger partial charge on any atom is 0.282 e. The second-order valence-electron chi connectivity index (χ2n) is 6.74. The van der Waals surface area contributed by atoms with Crippen LogP contribution < -0.4 is 0 Å². The fourth-order valence-electron chi connectivity index (χ4n) is 3.44. The number of ether oxygens (including phenoxy) is 1. The number of hydrogen-bond donors (Lipinski definition) is 0. The van der Waals surface area contributed by atoms with Gasteiger partial charge in [0, 0.05) is 45.8 Å². The lowest BCUT2D eigenvalue weighted by Crippen LogP contribution is -2.56. The second kappa shape index (κ2) is 7.49. The Morgan fingerprint density at radius 3 is 2.12 bits per heavy atom. The molecule has 0 spiro atoms. The highest BCUT2D eigenvalue weighted by Gasteiger charge is 2.36. The molecule has 0 amide bonds. The Balaban J connectivity index is 1.57. The number of piperazine rings is 1. The molecular weight excluding hydrogens is 326 g/mol. The summed E-state index contributed by atoms with van der Waals surface area (Å²) < 4.78 is 34.6. The van der Waals surface area contributed by atoms with Gasteiger partial charge in [-0.15, -0.1) is 0 Å². The molecule has 2 unspecified atom stereocenters. The van der Waals surface area contributed by atoms with Gasteiger partial charge in [0.05, 0.1) is 12.2 Å². The van der Waals surface area contributed by atoms with Crippen LogP contribution in [0.25, 0.3) is 0 Å². The van der Waals surface area contributed by atoms with Crippen LogP contribution in [0.4, 0.5) is 0 Å². The molecule has 1 aromatic carbocycles. The Morgan fingerprint density at radius 1 is 0.958 bits per heavy atom. The van der Waals surface area contributed by atoms with E-state index in [2.05, 4.69) is 17.0 Å². The highest BCUT2D eigenvalue weighted by molar-refractivity contribution is 7.86. The lowest BCUT2D eigenvalue weighted by Gasteiger charge is -2.40. The average molecular weight is 353 g/mol. The van der Waals surface area contributed by atoms with Crippen molar-refractivity contribution in [1.82, 2.24) is 13.5 Å². The summed E-state index contributed by atoms with van der Waals surface area (Å²) in [6, 6.07) is 10.3. The molecule has 0 radical (unpaired) electrons.